The second kappa shape index (κ2) is 8.69. The van der Waals surface area contributed by atoms with Gasteiger partial charge < -0.3 is 4.90 Å². The van der Waals surface area contributed by atoms with Crippen molar-refractivity contribution < 1.29 is 18.0 Å². The molecule has 1 atom stereocenters. The number of nitrogens with zero attached hydrogens (tertiary/aromatic N) is 5. The van der Waals surface area contributed by atoms with Crippen molar-refractivity contribution in [2.45, 2.75) is 31.5 Å². The second-order valence-electron chi connectivity index (χ2n) is 6.59. The maximum atomic E-state index is 12.4. The largest absolute Gasteiger partial charge is 0.390 e. The summed E-state index contributed by atoms with van der Waals surface area (Å²) < 4.78 is 37.3. The molecule has 1 N–H and O–H groups in total. The summed E-state index contributed by atoms with van der Waals surface area (Å²) in [5, 5.41) is 17.6. The van der Waals surface area contributed by atoms with Gasteiger partial charge in [-0.05, 0) is 18.6 Å². The van der Waals surface area contributed by atoms with Crippen molar-refractivity contribution in [2.24, 2.45) is 10.1 Å². The highest BCUT2D eigenvalue weighted by molar-refractivity contribution is 6.30. The second-order valence-corrected chi connectivity index (χ2v) is 7.02. The molecule has 3 rings (SSSR count). The van der Waals surface area contributed by atoms with E-state index in [0.29, 0.717) is 23.7 Å². The molecule has 2 aliphatic rings. The molecule has 0 radical (unpaired) electrons. The summed E-state index contributed by atoms with van der Waals surface area (Å²) in [6.45, 7) is 0.211. The summed E-state index contributed by atoms with van der Waals surface area (Å²) in [6.07, 6.45) is -2.62. The molecule has 0 bridgehead atoms. The van der Waals surface area contributed by atoms with Gasteiger partial charge in [-0.1, -0.05) is 23.7 Å². The van der Waals surface area contributed by atoms with Gasteiger partial charge in [0.2, 0.25) is 11.9 Å². The third-order valence-electron chi connectivity index (χ3n) is 4.59. The van der Waals surface area contributed by atoms with E-state index in [1.165, 1.54) is 5.01 Å². The number of aliphatic imine (C=N–C) groups is 1. The van der Waals surface area contributed by atoms with E-state index in [1.807, 2.05) is 0 Å². The van der Waals surface area contributed by atoms with Crippen LogP contribution in [-0.2, 0) is 4.79 Å². The van der Waals surface area contributed by atoms with Crippen LogP contribution in [0.3, 0.4) is 0 Å². The zero-order chi connectivity index (χ0) is 21.0. The number of benzene rings is 1. The molecule has 11 heteroatoms. The van der Waals surface area contributed by atoms with E-state index in [1.54, 1.807) is 35.4 Å². The lowest BCUT2D eigenvalue weighted by Crippen LogP contribution is -2.45. The number of hydrazone groups is 1. The number of hydrogen-bond acceptors (Lipinski definition) is 4. The van der Waals surface area contributed by atoms with Crippen LogP contribution in [0.4, 0.5) is 13.2 Å². The standard InChI is InChI=1S/C18H18ClF3N6O/c19-13-5-3-12(4-6-13)16-14(27-9-1-2-15(27)29)10-28(26-16)17(25-11-23)24-8-7-18(20,21)22/h3-6,14H,1-2,7-10H2,(H,24,25). The lowest BCUT2D eigenvalue weighted by molar-refractivity contribution is -0.132. The third-order valence-corrected chi connectivity index (χ3v) is 4.84. The molecule has 1 amide bonds. The Labute approximate surface area is 170 Å². The van der Waals surface area contributed by atoms with Crippen molar-refractivity contribution in [3.05, 3.63) is 34.9 Å². The first kappa shape index (κ1) is 20.9. The van der Waals surface area contributed by atoms with Gasteiger partial charge in [-0.2, -0.15) is 23.5 Å². The van der Waals surface area contributed by atoms with Crippen molar-refractivity contribution in [2.75, 3.05) is 19.6 Å². The predicted octanol–water partition coefficient (Wildman–Crippen LogP) is 2.73. The van der Waals surface area contributed by atoms with Crippen LogP contribution in [0.2, 0.25) is 5.02 Å². The van der Waals surface area contributed by atoms with E-state index in [9.17, 15) is 18.0 Å². The summed E-state index contributed by atoms with van der Waals surface area (Å²) in [5.41, 5.74) is 1.30. The Morgan fingerprint density at radius 2 is 2.10 bits per heavy atom. The summed E-state index contributed by atoms with van der Waals surface area (Å²) in [6, 6.07) is 6.50. The zero-order valence-corrected chi connectivity index (χ0v) is 16.0. The van der Waals surface area contributed by atoms with Crippen molar-refractivity contribution in [1.29, 1.82) is 5.26 Å². The average molecular weight is 427 g/mol. The number of carbonyl (C=O) groups excluding carboxylic acids is 1. The van der Waals surface area contributed by atoms with Gasteiger partial charge in [0.1, 0.15) is 0 Å². The minimum absolute atomic E-state index is 0.0117. The van der Waals surface area contributed by atoms with Gasteiger partial charge in [0.05, 0.1) is 31.3 Å². The number of guanidine groups is 1. The van der Waals surface area contributed by atoms with E-state index in [0.717, 1.165) is 12.0 Å². The van der Waals surface area contributed by atoms with Gasteiger partial charge in [-0.3, -0.25) is 15.1 Å². The lowest BCUT2D eigenvalue weighted by atomic mass is 10.0. The Kier molecular flexibility index (Phi) is 6.27. The molecule has 1 unspecified atom stereocenters. The quantitative estimate of drug-likeness (QED) is 0.347. The Bertz CT molecular complexity index is 862. The first-order valence-electron chi connectivity index (χ1n) is 8.96. The number of nitriles is 1. The van der Waals surface area contributed by atoms with Crippen LogP contribution in [0, 0.1) is 11.5 Å². The maximum absolute atomic E-state index is 12.4. The molecule has 154 valence electrons. The SMILES string of the molecule is N#CNC(=NCCC(F)(F)F)N1CC(N2CCCC2=O)C(c2ccc(Cl)cc2)=N1. The third kappa shape index (κ3) is 5.17. The van der Waals surface area contributed by atoms with Gasteiger partial charge in [0, 0.05) is 23.6 Å². The smallest absolute Gasteiger partial charge is 0.332 e. The molecular weight excluding hydrogens is 409 g/mol. The molecule has 1 aromatic rings. The lowest BCUT2D eigenvalue weighted by Gasteiger charge is -2.25. The number of likely N-dealkylation sites (tertiary alicyclic amines) is 1. The van der Waals surface area contributed by atoms with Crippen LogP contribution in [0.15, 0.2) is 34.4 Å². The number of alkyl halides is 3. The fourth-order valence-corrected chi connectivity index (χ4v) is 3.39. The summed E-state index contributed by atoms with van der Waals surface area (Å²) >= 11 is 5.95. The topological polar surface area (TPSA) is 84.1 Å². The van der Waals surface area contributed by atoms with Gasteiger partial charge >= 0.3 is 6.18 Å². The number of carbonyl (C=O) groups is 1. The summed E-state index contributed by atoms with van der Waals surface area (Å²) in [4.78, 5) is 17.8. The first-order chi connectivity index (χ1) is 13.8. The molecule has 1 aromatic carbocycles. The van der Waals surface area contributed by atoms with Crippen molar-refractivity contribution in [1.82, 2.24) is 15.2 Å². The van der Waals surface area contributed by atoms with Gasteiger partial charge in [0.25, 0.3) is 0 Å². The molecule has 7 nitrogen and oxygen atoms in total. The fourth-order valence-electron chi connectivity index (χ4n) is 3.26. The molecule has 0 spiro atoms. The maximum Gasteiger partial charge on any atom is 0.390 e. The van der Waals surface area contributed by atoms with E-state index in [2.05, 4.69) is 15.4 Å². The van der Waals surface area contributed by atoms with Gasteiger partial charge in [-0.25, -0.2) is 5.01 Å². The molecule has 0 aromatic heterocycles. The van der Waals surface area contributed by atoms with Crippen molar-refractivity contribution in [3.63, 3.8) is 0 Å². The minimum atomic E-state index is -4.35. The van der Waals surface area contributed by atoms with Gasteiger partial charge in [0.15, 0.2) is 6.19 Å². The average Bonchev–Trinajstić information content (AvgIpc) is 3.27. The molecule has 2 aliphatic heterocycles. The van der Waals surface area contributed by atoms with Crippen LogP contribution in [0.1, 0.15) is 24.8 Å². The van der Waals surface area contributed by atoms with Crippen molar-refractivity contribution in [3.8, 4) is 6.19 Å². The van der Waals surface area contributed by atoms with E-state index < -0.39 is 25.2 Å². The number of halogens is 4. The Hall–Kier alpha value is -2.80. The summed E-state index contributed by atoms with van der Waals surface area (Å²) in [5.74, 6) is -0.0975. The Morgan fingerprint density at radius 1 is 1.38 bits per heavy atom. The summed E-state index contributed by atoms with van der Waals surface area (Å²) in [7, 11) is 0. The van der Waals surface area contributed by atoms with Crippen LogP contribution in [-0.4, -0.2) is 59.3 Å². The van der Waals surface area contributed by atoms with Crippen LogP contribution < -0.4 is 5.32 Å². The minimum Gasteiger partial charge on any atom is -0.332 e. The molecule has 1 saturated heterocycles. The van der Waals surface area contributed by atoms with Crippen molar-refractivity contribution >= 4 is 29.2 Å². The van der Waals surface area contributed by atoms with E-state index >= 15 is 0 Å². The predicted molar refractivity (Wildman–Crippen MR) is 101 cm³/mol. The number of nitrogens with one attached hydrogen (secondary N) is 1. The number of hydrogen-bond donors (Lipinski definition) is 1. The molecule has 0 saturated carbocycles. The zero-order valence-electron chi connectivity index (χ0n) is 15.3. The Balaban J connectivity index is 1.89. The normalized spacial score (nSPS) is 20.1. The molecule has 29 heavy (non-hydrogen) atoms. The monoisotopic (exact) mass is 426 g/mol. The molecular formula is C18H18ClF3N6O. The fraction of sp³-hybridized carbons (Fsp3) is 0.444. The molecule has 1 fully saturated rings. The molecule has 0 aliphatic carbocycles. The van der Waals surface area contributed by atoms with E-state index in [4.69, 9.17) is 16.9 Å². The molecule has 2 heterocycles. The van der Waals surface area contributed by atoms with Crippen LogP contribution in [0.5, 0.6) is 0 Å². The van der Waals surface area contributed by atoms with Gasteiger partial charge in [-0.15, -0.1) is 0 Å². The van der Waals surface area contributed by atoms with E-state index in [-0.39, 0.29) is 18.4 Å². The first-order valence-corrected chi connectivity index (χ1v) is 9.34. The van der Waals surface area contributed by atoms with Crippen LogP contribution >= 0.6 is 11.6 Å². The Morgan fingerprint density at radius 3 is 2.69 bits per heavy atom. The number of rotatable bonds is 4. The highest BCUT2D eigenvalue weighted by atomic mass is 35.5. The highest BCUT2D eigenvalue weighted by Crippen LogP contribution is 2.25. The number of amides is 1. The van der Waals surface area contributed by atoms with Crippen LogP contribution in [0.25, 0.3) is 0 Å². The highest BCUT2D eigenvalue weighted by Gasteiger charge is 2.38.